The summed E-state index contributed by atoms with van der Waals surface area (Å²) in [6.45, 7) is 3.02. The van der Waals surface area contributed by atoms with E-state index >= 15 is 0 Å². The van der Waals surface area contributed by atoms with Crippen molar-refractivity contribution in [1.29, 1.82) is 0 Å². The average molecular weight is 363 g/mol. The van der Waals surface area contributed by atoms with Crippen molar-refractivity contribution in [3.05, 3.63) is 16.2 Å². The first-order valence-corrected chi connectivity index (χ1v) is 9.05. The predicted molar refractivity (Wildman–Crippen MR) is 84.1 cm³/mol. The van der Waals surface area contributed by atoms with E-state index < -0.39 is 10.0 Å². The summed E-state index contributed by atoms with van der Waals surface area (Å²) in [5.74, 6) is 0.759. The number of anilines is 2. The molecule has 112 valence electrons. The molecule has 8 heteroatoms. The van der Waals surface area contributed by atoms with Crippen LogP contribution < -0.4 is 11.1 Å². The van der Waals surface area contributed by atoms with Gasteiger partial charge in [0.15, 0.2) is 0 Å². The van der Waals surface area contributed by atoms with Crippen molar-refractivity contribution in [2.24, 2.45) is 0 Å². The summed E-state index contributed by atoms with van der Waals surface area (Å²) in [4.78, 5) is 4.29. The van der Waals surface area contributed by atoms with Crippen LogP contribution in [0.1, 0.15) is 18.4 Å². The molecule has 1 fully saturated rings. The third kappa shape index (κ3) is 3.42. The SMILES string of the molecule is Cc1c(N)cnc(NC2CCN(S(C)(=O)=O)CC2)c1Br. The lowest BCUT2D eigenvalue weighted by atomic mass is 10.1. The van der Waals surface area contributed by atoms with Crippen molar-refractivity contribution in [3.8, 4) is 0 Å². The Morgan fingerprint density at radius 3 is 2.60 bits per heavy atom. The van der Waals surface area contributed by atoms with E-state index in [1.54, 1.807) is 6.20 Å². The number of nitrogens with one attached hydrogen (secondary N) is 1. The summed E-state index contributed by atoms with van der Waals surface area (Å²) < 4.78 is 25.3. The first kappa shape index (κ1) is 15.5. The Labute approximate surface area is 127 Å². The topological polar surface area (TPSA) is 88.3 Å². The van der Waals surface area contributed by atoms with Gasteiger partial charge in [-0.05, 0) is 41.3 Å². The number of nitrogens with two attached hydrogens (primary N) is 1. The van der Waals surface area contributed by atoms with Crippen LogP contribution in [-0.4, -0.2) is 43.1 Å². The van der Waals surface area contributed by atoms with Crippen molar-refractivity contribution in [2.45, 2.75) is 25.8 Å². The number of hydrogen-bond donors (Lipinski definition) is 2. The van der Waals surface area contributed by atoms with Crippen LogP contribution in [0.15, 0.2) is 10.7 Å². The summed E-state index contributed by atoms with van der Waals surface area (Å²) in [5, 5.41) is 3.35. The van der Waals surface area contributed by atoms with E-state index in [4.69, 9.17) is 5.73 Å². The monoisotopic (exact) mass is 362 g/mol. The number of hydrogen-bond acceptors (Lipinski definition) is 5. The molecule has 1 aromatic heterocycles. The number of pyridine rings is 1. The van der Waals surface area contributed by atoms with Crippen LogP contribution in [-0.2, 0) is 10.0 Å². The first-order valence-electron chi connectivity index (χ1n) is 6.41. The Morgan fingerprint density at radius 2 is 2.05 bits per heavy atom. The molecule has 2 heterocycles. The van der Waals surface area contributed by atoms with Crippen molar-refractivity contribution < 1.29 is 8.42 Å². The molecule has 3 N–H and O–H groups in total. The quantitative estimate of drug-likeness (QED) is 0.851. The molecule has 1 aliphatic rings. The molecule has 0 spiro atoms. The molecular formula is C12H19BrN4O2S. The second kappa shape index (κ2) is 5.87. The standard InChI is InChI=1S/C12H19BrN4O2S/c1-8-10(14)7-15-12(11(8)13)16-9-3-5-17(6-4-9)20(2,18)19/h7,9H,3-6,14H2,1-2H3,(H,15,16). The van der Waals surface area contributed by atoms with Gasteiger partial charge in [0.05, 0.1) is 22.6 Å². The fraction of sp³-hybridized carbons (Fsp3) is 0.583. The highest BCUT2D eigenvalue weighted by Gasteiger charge is 2.25. The molecule has 1 aromatic rings. The molecule has 6 nitrogen and oxygen atoms in total. The van der Waals surface area contributed by atoms with Crippen molar-refractivity contribution >= 4 is 37.5 Å². The van der Waals surface area contributed by atoms with E-state index in [1.807, 2.05) is 6.92 Å². The molecule has 0 saturated carbocycles. The molecule has 0 amide bonds. The highest BCUT2D eigenvalue weighted by atomic mass is 79.9. The third-order valence-electron chi connectivity index (χ3n) is 3.57. The lowest BCUT2D eigenvalue weighted by Gasteiger charge is -2.31. The van der Waals surface area contributed by atoms with Crippen LogP contribution in [0.5, 0.6) is 0 Å². The van der Waals surface area contributed by atoms with E-state index in [2.05, 4.69) is 26.2 Å². The number of rotatable bonds is 3. The highest BCUT2D eigenvalue weighted by molar-refractivity contribution is 9.10. The Balaban J connectivity index is 2.02. The van der Waals surface area contributed by atoms with Gasteiger partial charge in [-0.15, -0.1) is 0 Å². The van der Waals surface area contributed by atoms with Crippen LogP contribution in [0.25, 0.3) is 0 Å². The van der Waals surface area contributed by atoms with Gasteiger partial charge in [-0.1, -0.05) is 0 Å². The lowest BCUT2D eigenvalue weighted by Crippen LogP contribution is -2.42. The largest absolute Gasteiger partial charge is 0.397 e. The fourth-order valence-corrected chi connectivity index (χ4v) is 3.54. The molecule has 0 bridgehead atoms. The van der Waals surface area contributed by atoms with E-state index in [0.717, 1.165) is 28.7 Å². The predicted octanol–water partition coefficient (Wildman–Crippen LogP) is 1.57. The van der Waals surface area contributed by atoms with Gasteiger partial charge in [0.25, 0.3) is 0 Å². The summed E-state index contributed by atoms with van der Waals surface area (Å²) in [7, 11) is -3.08. The first-order chi connectivity index (χ1) is 9.29. The third-order valence-corrected chi connectivity index (χ3v) is 5.84. The van der Waals surface area contributed by atoms with Crippen LogP contribution >= 0.6 is 15.9 Å². The van der Waals surface area contributed by atoms with Crippen LogP contribution in [0, 0.1) is 6.92 Å². The minimum Gasteiger partial charge on any atom is -0.397 e. The summed E-state index contributed by atoms with van der Waals surface area (Å²) in [6.07, 6.45) is 4.42. The molecule has 0 radical (unpaired) electrons. The highest BCUT2D eigenvalue weighted by Crippen LogP contribution is 2.29. The van der Waals surface area contributed by atoms with E-state index in [1.165, 1.54) is 10.6 Å². The maximum atomic E-state index is 11.5. The van der Waals surface area contributed by atoms with Gasteiger partial charge in [0, 0.05) is 19.1 Å². The minimum absolute atomic E-state index is 0.222. The maximum Gasteiger partial charge on any atom is 0.211 e. The number of halogens is 1. The number of nitrogen functional groups attached to an aromatic ring is 1. The van der Waals surface area contributed by atoms with E-state index in [9.17, 15) is 8.42 Å². The van der Waals surface area contributed by atoms with Gasteiger partial charge < -0.3 is 11.1 Å². The molecule has 0 aliphatic carbocycles. The summed E-state index contributed by atoms with van der Waals surface area (Å²) >= 11 is 3.49. The fourth-order valence-electron chi connectivity index (χ4n) is 2.22. The molecule has 0 atom stereocenters. The van der Waals surface area contributed by atoms with E-state index in [-0.39, 0.29) is 6.04 Å². The number of aromatic nitrogens is 1. The Morgan fingerprint density at radius 1 is 1.45 bits per heavy atom. The second-order valence-corrected chi connectivity index (χ2v) is 7.86. The van der Waals surface area contributed by atoms with Gasteiger partial charge in [-0.25, -0.2) is 17.7 Å². The molecule has 20 heavy (non-hydrogen) atoms. The molecule has 0 aromatic carbocycles. The van der Waals surface area contributed by atoms with Gasteiger partial charge >= 0.3 is 0 Å². The molecule has 0 unspecified atom stereocenters. The zero-order chi connectivity index (χ0) is 14.9. The number of nitrogens with zero attached hydrogens (tertiary/aromatic N) is 2. The molecule has 2 rings (SSSR count). The normalized spacial score (nSPS) is 18.1. The van der Waals surface area contributed by atoms with Crippen LogP contribution in [0.2, 0.25) is 0 Å². The zero-order valence-corrected chi connectivity index (χ0v) is 14.0. The van der Waals surface area contributed by atoms with Gasteiger partial charge in [0.1, 0.15) is 5.82 Å². The van der Waals surface area contributed by atoms with Crippen LogP contribution in [0.3, 0.4) is 0 Å². The number of piperidine rings is 1. The zero-order valence-electron chi connectivity index (χ0n) is 11.6. The van der Waals surface area contributed by atoms with Gasteiger partial charge in [-0.2, -0.15) is 0 Å². The van der Waals surface area contributed by atoms with Gasteiger partial charge in [0.2, 0.25) is 10.0 Å². The second-order valence-electron chi connectivity index (χ2n) is 5.08. The Bertz CT molecular complexity index is 598. The summed E-state index contributed by atoms with van der Waals surface area (Å²) in [5.41, 5.74) is 7.40. The van der Waals surface area contributed by atoms with Gasteiger partial charge in [-0.3, -0.25) is 0 Å². The average Bonchev–Trinajstić information content (AvgIpc) is 2.39. The van der Waals surface area contributed by atoms with Crippen molar-refractivity contribution in [3.63, 3.8) is 0 Å². The number of sulfonamides is 1. The van der Waals surface area contributed by atoms with Crippen molar-refractivity contribution in [1.82, 2.24) is 9.29 Å². The lowest BCUT2D eigenvalue weighted by molar-refractivity contribution is 0.331. The molecule has 1 aliphatic heterocycles. The molecular weight excluding hydrogens is 344 g/mol. The van der Waals surface area contributed by atoms with E-state index in [0.29, 0.717) is 18.8 Å². The Kier molecular flexibility index (Phi) is 4.55. The smallest absolute Gasteiger partial charge is 0.211 e. The van der Waals surface area contributed by atoms with Crippen LogP contribution in [0.4, 0.5) is 11.5 Å². The maximum absolute atomic E-state index is 11.5. The minimum atomic E-state index is -3.08. The summed E-state index contributed by atoms with van der Waals surface area (Å²) in [6, 6.07) is 0.222. The Hall–Kier alpha value is -0.860. The van der Waals surface area contributed by atoms with Crippen molar-refractivity contribution in [2.75, 3.05) is 30.4 Å². The molecule has 1 saturated heterocycles.